The number of hydrogen-bond acceptors (Lipinski definition) is 5. The van der Waals surface area contributed by atoms with E-state index < -0.39 is 12.0 Å². The van der Waals surface area contributed by atoms with Gasteiger partial charge in [0.25, 0.3) is 0 Å². The van der Waals surface area contributed by atoms with Gasteiger partial charge in [-0.05, 0) is 53.6 Å². The number of rotatable bonds is 7. The van der Waals surface area contributed by atoms with Gasteiger partial charge in [0.15, 0.2) is 0 Å². The number of hydrogen-bond donors (Lipinski definition) is 3. The van der Waals surface area contributed by atoms with Crippen molar-refractivity contribution in [1.29, 1.82) is 0 Å². The molecule has 0 saturated carbocycles. The number of carbonyl (C=O) groups is 1. The second-order valence-electron chi connectivity index (χ2n) is 6.57. The number of benzene rings is 3. The van der Waals surface area contributed by atoms with Crippen LogP contribution in [0.2, 0.25) is 0 Å². The third-order valence-electron chi connectivity index (χ3n) is 4.35. The van der Waals surface area contributed by atoms with Crippen molar-refractivity contribution in [2.24, 2.45) is 5.73 Å². The summed E-state index contributed by atoms with van der Waals surface area (Å²) in [5.41, 5.74) is 8.63. The lowest BCUT2D eigenvalue weighted by Crippen LogP contribution is -2.32. The van der Waals surface area contributed by atoms with Gasteiger partial charge in [-0.25, -0.2) is 0 Å². The molecule has 1 unspecified atom stereocenters. The predicted octanol–water partition coefficient (Wildman–Crippen LogP) is 3.98. The molecular weight excluding hydrogens is 358 g/mol. The molecule has 140 valence electrons. The van der Waals surface area contributed by atoms with Crippen LogP contribution in [0.25, 0.3) is 10.8 Å². The zero-order valence-electron chi connectivity index (χ0n) is 15.3. The fourth-order valence-corrected chi connectivity index (χ4v) is 3.71. The molecule has 0 aromatic heterocycles. The summed E-state index contributed by atoms with van der Waals surface area (Å²) < 4.78 is 3.36. The third-order valence-corrected chi connectivity index (χ3v) is 5.26. The van der Waals surface area contributed by atoms with E-state index in [1.54, 1.807) is 11.9 Å². The first kappa shape index (κ1) is 19.1. The van der Waals surface area contributed by atoms with Gasteiger partial charge in [0, 0.05) is 35.8 Å². The van der Waals surface area contributed by atoms with Crippen molar-refractivity contribution in [3.8, 4) is 0 Å². The Morgan fingerprint density at radius 3 is 2.41 bits per heavy atom. The molecule has 3 aromatic rings. The molecule has 0 heterocycles. The molecule has 0 amide bonds. The molecular formula is C21H23N3O2S. The zero-order chi connectivity index (χ0) is 19.4. The van der Waals surface area contributed by atoms with Crippen LogP contribution in [0.3, 0.4) is 0 Å². The smallest absolute Gasteiger partial charge is 0.320 e. The van der Waals surface area contributed by atoms with Gasteiger partial charge in [-0.15, -0.1) is 0 Å². The molecule has 0 spiro atoms. The van der Waals surface area contributed by atoms with Crippen LogP contribution in [0, 0.1) is 0 Å². The minimum absolute atomic E-state index is 0.319. The lowest BCUT2D eigenvalue weighted by molar-refractivity contribution is -0.138. The maximum Gasteiger partial charge on any atom is 0.320 e. The lowest BCUT2D eigenvalue weighted by Gasteiger charge is -2.17. The predicted molar refractivity (Wildman–Crippen MR) is 114 cm³/mol. The molecule has 3 aromatic carbocycles. The van der Waals surface area contributed by atoms with Crippen LogP contribution >= 0.6 is 11.9 Å². The maximum absolute atomic E-state index is 10.9. The first-order valence-corrected chi connectivity index (χ1v) is 9.46. The van der Waals surface area contributed by atoms with Crippen molar-refractivity contribution in [1.82, 2.24) is 0 Å². The Hall–Kier alpha value is -2.70. The summed E-state index contributed by atoms with van der Waals surface area (Å²) in [6.07, 6.45) is 0.319. The van der Waals surface area contributed by atoms with E-state index in [9.17, 15) is 4.79 Å². The molecule has 4 N–H and O–H groups in total. The molecule has 0 aliphatic carbocycles. The fourth-order valence-electron chi connectivity index (χ4n) is 2.91. The zero-order valence-corrected chi connectivity index (χ0v) is 16.2. The summed E-state index contributed by atoms with van der Waals surface area (Å²) in [6, 6.07) is 19.4. The number of carboxylic acids is 1. The van der Waals surface area contributed by atoms with Gasteiger partial charge in [-0.2, -0.15) is 0 Å². The van der Waals surface area contributed by atoms with E-state index in [4.69, 9.17) is 10.8 Å². The number of fused-ring (bicyclic) bond motifs is 1. The molecule has 0 aliphatic heterocycles. The van der Waals surface area contributed by atoms with Crippen molar-refractivity contribution in [2.45, 2.75) is 17.4 Å². The van der Waals surface area contributed by atoms with Gasteiger partial charge >= 0.3 is 5.97 Å². The largest absolute Gasteiger partial charge is 0.480 e. The van der Waals surface area contributed by atoms with Crippen molar-refractivity contribution < 1.29 is 9.90 Å². The first-order chi connectivity index (χ1) is 13.0. The summed E-state index contributed by atoms with van der Waals surface area (Å²) in [5, 5.41) is 11.3. The normalized spacial score (nSPS) is 12.0. The highest BCUT2D eigenvalue weighted by Crippen LogP contribution is 2.33. The Kier molecular flexibility index (Phi) is 5.88. The second kappa shape index (κ2) is 8.33. The molecule has 6 heteroatoms. The quantitative estimate of drug-likeness (QED) is 0.537. The van der Waals surface area contributed by atoms with Crippen molar-refractivity contribution in [2.75, 3.05) is 23.7 Å². The van der Waals surface area contributed by atoms with E-state index in [0.29, 0.717) is 6.42 Å². The minimum atomic E-state index is -0.985. The summed E-state index contributed by atoms with van der Waals surface area (Å²) >= 11 is 1.56. The van der Waals surface area contributed by atoms with Gasteiger partial charge in [-0.1, -0.05) is 36.4 Å². The minimum Gasteiger partial charge on any atom is -0.480 e. The number of nitrogens with two attached hydrogens (primary N) is 1. The maximum atomic E-state index is 10.9. The Balaban J connectivity index is 1.73. The van der Waals surface area contributed by atoms with E-state index in [1.807, 2.05) is 38.4 Å². The molecule has 0 fully saturated rings. The SMILES string of the molecule is CN(C)c1cccc2c(SNc3ccc(CC(N)C(=O)O)cc3)cccc12. The highest BCUT2D eigenvalue weighted by atomic mass is 32.2. The van der Waals surface area contributed by atoms with Gasteiger partial charge < -0.3 is 20.5 Å². The number of nitrogens with zero attached hydrogens (tertiary/aromatic N) is 1. The van der Waals surface area contributed by atoms with Crippen LogP contribution in [0.15, 0.2) is 65.6 Å². The molecule has 0 saturated heterocycles. The Bertz CT molecular complexity index is 942. The molecule has 0 bridgehead atoms. The standard InChI is InChI=1S/C21H23N3O2S/c1-24(2)19-7-3-6-17-16(19)5-4-8-20(17)27-23-15-11-9-14(10-12-15)13-18(22)21(25)26/h3-12,18,23H,13,22H2,1-2H3,(H,25,26). The van der Waals surface area contributed by atoms with Crippen LogP contribution in [-0.2, 0) is 11.2 Å². The lowest BCUT2D eigenvalue weighted by atomic mass is 10.1. The van der Waals surface area contributed by atoms with Gasteiger partial charge in [0.1, 0.15) is 6.04 Å². The topological polar surface area (TPSA) is 78.6 Å². The molecule has 27 heavy (non-hydrogen) atoms. The summed E-state index contributed by atoms with van der Waals surface area (Å²) in [5.74, 6) is -0.985. The van der Waals surface area contributed by atoms with E-state index in [0.717, 1.165) is 16.1 Å². The van der Waals surface area contributed by atoms with Crippen LogP contribution < -0.4 is 15.4 Å². The average Bonchev–Trinajstić information content (AvgIpc) is 2.66. The molecule has 1 atom stereocenters. The van der Waals surface area contributed by atoms with Gasteiger partial charge in [0.05, 0.1) is 0 Å². The van der Waals surface area contributed by atoms with Crippen LogP contribution in [0.1, 0.15) is 5.56 Å². The van der Waals surface area contributed by atoms with Crippen LogP contribution in [-0.4, -0.2) is 31.2 Å². The number of carboxylic acid groups (broad SMARTS) is 1. The van der Waals surface area contributed by atoms with Crippen molar-refractivity contribution in [3.05, 3.63) is 66.2 Å². The van der Waals surface area contributed by atoms with E-state index >= 15 is 0 Å². The van der Waals surface area contributed by atoms with Gasteiger partial charge in [0.2, 0.25) is 0 Å². The van der Waals surface area contributed by atoms with Crippen LogP contribution in [0.5, 0.6) is 0 Å². The summed E-state index contributed by atoms with van der Waals surface area (Å²) in [4.78, 5) is 14.1. The van der Waals surface area contributed by atoms with E-state index in [-0.39, 0.29) is 0 Å². The highest BCUT2D eigenvalue weighted by Gasteiger charge is 2.12. The summed E-state index contributed by atoms with van der Waals surface area (Å²) in [7, 11) is 4.09. The molecule has 0 radical (unpaired) electrons. The second-order valence-corrected chi connectivity index (χ2v) is 7.42. The summed E-state index contributed by atoms with van der Waals surface area (Å²) in [6.45, 7) is 0. The average molecular weight is 382 g/mol. The van der Waals surface area contributed by atoms with Gasteiger partial charge in [-0.3, -0.25) is 4.79 Å². The highest BCUT2D eigenvalue weighted by molar-refractivity contribution is 8.00. The Morgan fingerprint density at radius 1 is 1.07 bits per heavy atom. The van der Waals surface area contributed by atoms with E-state index in [1.165, 1.54) is 16.5 Å². The fraction of sp³-hybridized carbons (Fsp3) is 0.190. The Morgan fingerprint density at radius 2 is 1.74 bits per heavy atom. The monoisotopic (exact) mass is 381 g/mol. The van der Waals surface area contributed by atoms with Crippen molar-refractivity contribution >= 4 is 40.1 Å². The first-order valence-electron chi connectivity index (χ1n) is 8.65. The number of aliphatic carboxylic acids is 1. The molecule has 0 aliphatic rings. The molecule has 5 nitrogen and oxygen atoms in total. The Labute approximate surface area is 163 Å². The van der Waals surface area contributed by atoms with Crippen molar-refractivity contribution in [3.63, 3.8) is 0 Å². The third kappa shape index (κ3) is 4.53. The number of nitrogens with one attached hydrogen (secondary N) is 1. The number of anilines is 2. The van der Waals surface area contributed by atoms with E-state index in [2.05, 4.69) is 46.0 Å². The van der Waals surface area contributed by atoms with Crippen LogP contribution in [0.4, 0.5) is 11.4 Å². The molecule has 3 rings (SSSR count).